The molecule has 102 valence electrons. The molecular weight excluding hydrogens is 254 g/mol. The zero-order valence-corrected chi connectivity index (χ0v) is 11.2. The molecule has 0 N–H and O–H groups in total. The fraction of sp³-hybridized carbons (Fsp3) is 0.200. The normalized spacial score (nSPS) is 10.8. The van der Waals surface area contributed by atoms with E-state index in [1.54, 1.807) is 18.0 Å². The summed E-state index contributed by atoms with van der Waals surface area (Å²) in [4.78, 5) is 13.7. The van der Waals surface area contributed by atoms with Gasteiger partial charge in [-0.2, -0.15) is 0 Å². The first-order valence-electron chi connectivity index (χ1n) is 6.45. The average molecular weight is 269 g/mol. The van der Waals surface area contributed by atoms with Crippen LogP contribution >= 0.6 is 0 Å². The average Bonchev–Trinajstić information content (AvgIpc) is 3.13. The summed E-state index contributed by atoms with van der Waals surface area (Å²) in [5.74, 6) is -0.129. The monoisotopic (exact) mass is 269 g/mol. The molecule has 0 atom stereocenters. The van der Waals surface area contributed by atoms with Gasteiger partial charge in [0.2, 0.25) is 0 Å². The third kappa shape index (κ3) is 2.30. The van der Waals surface area contributed by atoms with E-state index in [1.165, 1.54) is 17.2 Å². The second-order valence-corrected chi connectivity index (χ2v) is 4.68. The van der Waals surface area contributed by atoms with Gasteiger partial charge in [0.25, 0.3) is 5.91 Å². The summed E-state index contributed by atoms with van der Waals surface area (Å²) >= 11 is 0. The molecule has 0 radical (unpaired) electrons. The zero-order chi connectivity index (χ0) is 13.9. The lowest BCUT2D eigenvalue weighted by Gasteiger charge is -2.16. The van der Waals surface area contributed by atoms with Gasteiger partial charge in [0.05, 0.1) is 0 Å². The molecule has 2 heterocycles. The Morgan fingerprint density at radius 3 is 2.95 bits per heavy atom. The van der Waals surface area contributed by atoms with Gasteiger partial charge in [0.1, 0.15) is 6.26 Å². The van der Waals surface area contributed by atoms with Crippen molar-refractivity contribution in [3.05, 3.63) is 54.6 Å². The Labute approximate surface area is 116 Å². The summed E-state index contributed by atoms with van der Waals surface area (Å²) in [6.07, 6.45) is 3.44. The van der Waals surface area contributed by atoms with Crippen molar-refractivity contribution in [2.75, 3.05) is 13.6 Å². The van der Waals surface area contributed by atoms with Gasteiger partial charge >= 0.3 is 0 Å². The van der Waals surface area contributed by atoms with Crippen LogP contribution in [0.2, 0.25) is 0 Å². The Morgan fingerprint density at radius 1 is 1.30 bits per heavy atom. The molecule has 0 unspecified atom stereocenters. The SMILES string of the molecule is CN(CCn1ccc2ccccc21)C(=O)c1ccon1. The molecule has 0 spiro atoms. The predicted molar refractivity (Wildman–Crippen MR) is 75.4 cm³/mol. The van der Waals surface area contributed by atoms with E-state index in [-0.39, 0.29) is 5.91 Å². The molecule has 1 aromatic carbocycles. The Bertz CT molecular complexity index is 716. The van der Waals surface area contributed by atoms with E-state index in [0.29, 0.717) is 12.2 Å². The zero-order valence-electron chi connectivity index (χ0n) is 11.2. The molecular formula is C15H15N3O2. The lowest BCUT2D eigenvalue weighted by molar-refractivity contribution is 0.0780. The van der Waals surface area contributed by atoms with Crippen molar-refractivity contribution in [1.29, 1.82) is 0 Å². The van der Waals surface area contributed by atoms with Gasteiger partial charge < -0.3 is 14.0 Å². The fourth-order valence-corrected chi connectivity index (χ4v) is 2.21. The molecule has 5 nitrogen and oxygen atoms in total. The van der Waals surface area contributed by atoms with Gasteiger partial charge in [-0.15, -0.1) is 0 Å². The van der Waals surface area contributed by atoms with E-state index in [1.807, 2.05) is 18.3 Å². The van der Waals surface area contributed by atoms with E-state index >= 15 is 0 Å². The van der Waals surface area contributed by atoms with Crippen molar-refractivity contribution in [3.63, 3.8) is 0 Å². The molecule has 0 aliphatic heterocycles. The number of nitrogens with zero attached hydrogens (tertiary/aromatic N) is 3. The van der Waals surface area contributed by atoms with Crippen LogP contribution in [0.3, 0.4) is 0 Å². The Hall–Kier alpha value is -2.56. The summed E-state index contributed by atoms with van der Waals surface area (Å²) in [6, 6.07) is 11.8. The molecule has 3 aromatic rings. The highest BCUT2D eigenvalue weighted by Crippen LogP contribution is 2.15. The minimum Gasteiger partial charge on any atom is -0.364 e. The van der Waals surface area contributed by atoms with Crippen molar-refractivity contribution in [2.45, 2.75) is 6.54 Å². The van der Waals surface area contributed by atoms with Crippen molar-refractivity contribution in [1.82, 2.24) is 14.6 Å². The lowest BCUT2D eigenvalue weighted by atomic mass is 10.2. The Morgan fingerprint density at radius 2 is 2.15 bits per heavy atom. The minimum absolute atomic E-state index is 0.129. The summed E-state index contributed by atoms with van der Waals surface area (Å²) in [5, 5.41) is 4.87. The molecule has 2 aromatic heterocycles. The maximum absolute atomic E-state index is 12.0. The molecule has 0 aliphatic rings. The number of carbonyl (C=O) groups is 1. The van der Waals surface area contributed by atoms with Gasteiger partial charge in [-0.05, 0) is 17.5 Å². The Kier molecular flexibility index (Phi) is 3.25. The molecule has 20 heavy (non-hydrogen) atoms. The molecule has 1 amide bonds. The van der Waals surface area contributed by atoms with E-state index in [2.05, 4.69) is 27.9 Å². The van der Waals surface area contributed by atoms with Gasteiger partial charge in [-0.1, -0.05) is 23.4 Å². The van der Waals surface area contributed by atoms with Crippen LogP contribution in [0.25, 0.3) is 10.9 Å². The maximum Gasteiger partial charge on any atom is 0.275 e. The molecule has 0 bridgehead atoms. The van der Waals surface area contributed by atoms with Crippen LogP contribution in [-0.4, -0.2) is 34.1 Å². The van der Waals surface area contributed by atoms with Crippen LogP contribution in [0, 0.1) is 0 Å². The van der Waals surface area contributed by atoms with Crippen molar-refractivity contribution in [2.24, 2.45) is 0 Å². The first-order valence-corrected chi connectivity index (χ1v) is 6.45. The Balaban J connectivity index is 1.69. The predicted octanol–water partition coefficient (Wildman–Crippen LogP) is 2.40. The van der Waals surface area contributed by atoms with Crippen molar-refractivity contribution >= 4 is 16.8 Å². The first-order chi connectivity index (χ1) is 9.75. The number of likely N-dealkylation sites (N-methyl/N-ethyl adjacent to an activating group) is 1. The lowest BCUT2D eigenvalue weighted by Crippen LogP contribution is -2.30. The number of rotatable bonds is 4. The molecule has 0 saturated carbocycles. The number of amides is 1. The van der Waals surface area contributed by atoms with Crippen LogP contribution in [0.15, 0.2) is 53.4 Å². The minimum atomic E-state index is -0.129. The number of benzene rings is 1. The van der Waals surface area contributed by atoms with Gasteiger partial charge in [0.15, 0.2) is 5.69 Å². The summed E-state index contributed by atoms with van der Waals surface area (Å²) in [6.45, 7) is 1.36. The van der Waals surface area contributed by atoms with Crippen LogP contribution in [-0.2, 0) is 6.54 Å². The summed E-state index contributed by atoms with van der Waals surface area (Å²) in [7, 11) is 1.77. The van der Waals surface area contributed by atoms with Gasteiger partial charge in [0, 0.05) is 37.9 Å². The molecule has 5 heteroatoms. The van der Waals surface area contributed by atoms with E-state index < -0.39 is 0 Å². The fourth-order valence-electron chi connectivity index (χ4n) is 2.21. The topological polar surface area (TPSA) is 51.3 Å². The number of hydrogen-bond acceptors (Lipinski definition) is 3. The third-order valence-electron chi connectivity index (χ3n) is 3.36. The second kappa shape index (κ2) is 5.21. The van der Waals surface area contributed by atoms with Crippen molar-refractivity contribution in [3.8, 4) is 0 Å². The van der Waals surface area contributed by atoms with Crippen LogP contribution in [0.5, 0.6) is 0 Å². The summed E-state index contributed by atoms with van der Waals surface area (Å²) < 4.78 is 6.83. The highest BCUT2D eigenvalue weighted by molar-refractivity contribution is 5.91. The number of aromatic nitrogens is 2. The quantitative estimate of drug-likeness (QED) is 0.730. The van der Waals surface area contributed by atoms with Crippen LogP contribution in [0.4, 0.5) is 0 Å². The molecule has 3 rings (SSSR count). The van der Waals surface area contributed by atoms with Crippen LogP contribution in [0.1, 0.15) is 10.5 Å². The standard InChI is InChI=1S/C15H15N3O2/c1-17(15(19)13-7-11-20-16-13)9-10-18-8-6-12-4-2-3-5-14(12)18/h2-8,11H,9-10H2,1H3. The van der Waals surface area contributed by atoms with Gasteiger partial charge in [-0.3, -0.25) is 4.79 Å². The number of hydrogen-bond donors (Lipinski definition) is 0. The number of fused-ring (bicyclic) bond motifs is 1. The van der Waals surface area contributed by atoms with E-state index in [9.17, 15) is 4.79 Å². The van der Waals surface area contributed by atoms with Gasteiger partial charge in [-0.25, -0.2) is 0 Å². The largest absolute Gasteiger partial charge is 0.364 e. The second-order valence-electron chi connectivity index (χ2n) is 4.68. The molecule has 0 fully saturated rings. The highest BCUT2D eigenvalue weighted by Gasteiger charge is 2.14. The highest BCUT2D eigenvalue weighted by atomic mass is 16.5. The maximum atomic E-state index is 12.0. The third-order valence-corrected chi connectivity index (χ3v) is 3.36. The smallest absolute Gasteiger partial charge is 0.275 e. The van der Waals surface area contributed by atoms with E-state index in [0.717, 1.165) is 6.54 Å². The molecule has 0 saturated heterocycles. The molecule has 0 aliphatic carbocycles. The number of para-hydroxylation sites is 1. The summed E-state index contributed by atoms with van der Waals surface area (Å²) in [5.41, 5.74) is 1.51. The van der Waals surface area contributed by atoms with E-state index in [4.69, 9.17) is 4.52 Å². The van der Waals surface area contributed by atoms with Crippen LogP contribution < -0.4 is 0 Å². The number of carbonyl (C=O) groups excluding carboxylic acids is 1. The first kappa shape index (κ1) is 12.5. The van der Waals surface area contributed by atoms with Crippen molar-refractivity contribution < 1.29 is 9.32 Å².